The number of carbonyl (C=O) groups excluding carboxylic acids is 1. The molecule has 0 fully saturated rings. The lowest BCUT2D eigenvalue weighted by atomic mass is 10.2. The smallest absolute Gasteiger partial charge is 0.246 e. The van der Waals surface area contributed by atoms with E-state index in [0.29, 0.717) is 0 Å². The van der Waals surface area contributed by atoms with E-state index in [1.807, 2.05) is 30.3 Å². The molecule has 0 radical (unpaired) electrons. The van der Waals surface area contributed by atoms with Gasteiger partial charge >= 0.3 is 0 Å². The average molecular weight is 235 g/mol. The maximum absolute atomic E-state index is 11.7. The number of carbonyl (C=O) groups is 1. The molecule has 0 heterocycles. The molecule has 0 saturated carbocycles. The highest BCUT2D eigenvalue weighted by atomic mass is 16.3. The Kier molecular flexibility index (Phi) is 5.99. The Labute approximate surface area is 101 Å². The number of amides is 1. The van der Waals surface area contributed by atoms with Crippen LogP contribution in [0.2, 0.25) is 0 Å². The molecule has 0 spiro atoms. The van der Waals surface area contributed by atoms with Gasteiger partial charge in [0, 0.05) is 19.2 Å². The third kappa shape index (κ3) is 4.80. The Morgan fingerprint density at radius 3 is 2.24 bits per heavy atom. The van der Waals surface area contributed by atoms with Crippen LogP contribution in [0.5, 0.6) is 0 Å². The first-order valence-electron chi connectivity index (χ1n) is 5.51. The summed E-state index contributed by atoms with van der Waals surface area (Å²) in [6.07, 6.45) is 3.16. The molecule has 0 unspecified atom stereocenters. The van der Waals surface area contributed by atoms with Crippen LogP contribution in [0.25, 0.3) is 6.08 Å². The summed E-state index contributed by atoms with van der Waals surface area (Å²) in [5, 5.41) is 17.6. The predicted molar refractivity (Wildman–Crippen MR) is 66.2 cm³/mol. The number of aliphatic hydroxyl groups excluding tert-OH is 2. The molecular formula is C13H17NO3. The zero-order valence-corrected chi connectivity index (χ0v) is 9.62. The average Bonchev–Trinajstić information content (AvgIpc) is 2.37. The van der Waals surface area contributed by atoms with Crippen LogP contribution in [-0.2, 0) is 4.79 Å². The van der Waals surface area contributed by atoms with Gasteiger partial charge in [-0.15, -0.1) is 0 Å². The summed E-state index contributed by atoms with van der Waals surface area (Å²) in [5.74, 6) is -0.211. The Bertz CT molecular complexity index is 356. The molecule has 92 valence electrons. The van der Waals surface area contributed by atoms with Crippen LogP contribution in [0.15, 0.2) is 36.4 Å². The Hall–Kier alpha value is -1.65. The number of nitrogens with zero attached hydrogens (tertiary/aromatic N) is 1. The van der Waals surface area contributed by atoms with Gasteiger partial charge in [0.15, 0.2) is 0 Å². The third-order valence-electron chi connectivity index (χ3n) is 2.27. The van der Waals surface area contributed by atoms with Crippen molar-refractivity contribution in [2.24, 2.45) is 0 Å². The summed E-state index contributed by atoms with van der Waals surface area (Å²) in [5.41, 5.74) is 0.939. The van der Waals surface area contributed by atoms with Crippen LogP contribution in [0, 0.1) is 0 Å². The summed E-state index contributed by atoms with van der Waals surface area (Å²) in [4.78, 5) is 13.1. The summed E-state index contributed by atoms with van der Waals surface area (Å²) < 4.78 is 0. The van der Waals surface area contributed by atoms with Crippen LogP contribution in [0.1, 0.15) is 5.56 Å². The van der Waals surface area contributed by atoms with Crippen molar-refractivity contribution < 1.29 is 15.0 Å². The Balaban J connectivity index is 2.60. The highest BCUT2D eigenvalue weighted by molar-refractivity contribution is 5.91. The van der Waals surface area contributed by atoms with Gasteiger partial charge in [-0.2, -0.15) is 0 Å². The number of rotatable bonds is 6. The van der Waals surface area contributed by atoms with Crippen LogP contribution in [0.4, 0.5) is 0 Å². The van der Waals surface area contributed by atoms with Crippen LogP contribution in [0.3, 0.4) is 0 Å². The van der Waals surface area contributed by atoms with E-state index in [4.69, 9.17) is 10.2 Å². The van der Waals surface area contributed by atoms with E-state index in [2.05, 4.69) is 0 Å². The number of benzene rings is 1. The molecule has 4 heteroatoms. The van der Waals surface area contributed by atoms with Gasteiger partial charge in [-0.25, -0.2) is 0 Å². The standard InChI is InChI=1S/C13H17NO3/c15-10-8-14(9-11-16)13(17)7-6-12-4-2-1-3-5-12/h1-7,15-16H,8-11H2. The maximum Gasteiger partial charge on any atom is 0.246 e. The molecule has 1 rings (SSSR count). The number of hydrogen-bond donors (Lipinski definition) is 2. The van der Waals surface area contributed by atoms with Gasteiger partial charge in [-0.1, -0.05) is 30.3 Å². The maximum atomic E-state index is 11.7. The molecule has 17 heavy (non-hydrogen) atoms. The summed E-state index contributed by atoms with van der Waals surface area (Å²) in [6, 6.07) is 9.48. The second-order valence-corrected chi connectivity index (χ2v) is 3.52. The van der Waals surface area contributed by atoms with E-state index >= 15 is 0 Å². The second-order valence-electron chi connectivity index (χ2n) is 3.52. The monoisotopic (exact) mass is 235 g/mol. The van der Waals surface area contributed by atoms with E-state index in [9.17, 15) is 4.79 Å². The van der Waals surface area contributed by atoms with Crippen molar-refractivity contribution in [2.75, 3.05) is 26.3 Å². The number of aliphatic hydroxyl groups is 2. The third-order valence-corrected chi connectivity index (χ3v) is 2.27. The zero-order valence-electron chi connectivity index (χ0n) is 9.62. The van der Waals surface area contributed by atoms with Crippen molar-refractivity contribution in [1.82, 2.24) is 4.90 Å². The van der Waals surface area contributed by atoms with Crippen LogP contribution >= 0.6 is 0 Å². The summed E-state index contributed by atoms with van der Waals surface area (Å²) in [6.45, 7) is 0.257. The van der Waals surface area contributed by atoms with E-state index in [1.165, 1.54) is 11.0 Å². The van der Waals surface area contributed by atoms with E-state index in [1.54, 1.807) is 6.08 Å². The van der Waals surface area contributed by atoms with E-state index in [-0.39, 0.29) is 32.2 Å². The van der Waals surface area contributed by atoms with E-state index in [0.717, 1.165) is 5.56 Å². The van der Waals surface area contributed by atoms with Crippen molar-refractivity contribution in [2.45, 2.75) is 0 Å². The number of hydrogen-bond acceptors (Lipinski definition) is 3. The van der Waals surface area contributed by atoms with Gasteiger partial charge in [-0.05, 0) is 11.6 Å². The molecule has 0 aliphatic rings. The lowest BCUT2D eigenvalue weighted by Crippen LogP contribution is -2.34. The van der Waals surface area contributed by atoms with Gasteiger partial charge < -0.3 is 15.1 Å². The largest absolute Gasteiger partial charge is 0.395 e. The molecule has 1 amide bonds. The minimum atomic E-state index is -0.211. The first-order valence-corrected chi connectivity index (χ1v) is 5.51. The first-order chi connectivity index (χ1) is 8.27. The highest BCUT2D eigenvalue weighted by Gasteiger charge is 2.08. The minimum absolute atomic E-state index is 0.106. The molecule has 0 aliphatic carbocycles. The van der Waals surface area contributed by atoms with Crippen molar-refractivity contribution in [3.8, 4) is 0 Å². The Morgan fingerprint density at radius 2 is 1.71 bits per heavy atom. The minimum Gasteiger partial charge on any atom is -0.395 e. The van der Waals surface area contributed by atoms with Gasteiger partial charge in [-0.3, -0.25) is 4.79 Å². The molecule has 0 saturated heterocycles. The fraction of sp³-hybridized carbons (Fsp3) is 0.308. The molecule has 0 aromatic heterocycles. The summed E-state index contributed by atoms with van der Waals surface area (Å²) in [7, 11) is 0. The van der Waals surface area contributed by atoms with Crippen molar-refractivity contribution >= 4 is 12.0 Å². The second kappa shape index (κ2) is 7.60. The van der Waals surface area contributed by atoms with Gasteiger partial charge in [0.2, 0.25) is 5.91 Å². The lowest BCUT2D eigenvalue weighted by molar-refractivity contribution is -0.126. The molecule has 0 bridgehead atoms. The zero-order chi connectivity index (χ0) is 12.5. The molecule has 2 N–H and O–H groups in total. The fourth-order valence-electron chi connectivity index (χ4n) is 1.41. The van der Waals surface area contributed by atoms with Gasteiger partial charge in [0.25, 0.3) is 0 Å². The molecule has 0 aliphatic heterocycles. The summed E-state index contributed by atoms with van der Waals surface area (Å²) >= 11 is 0. The fourth-order valence-corrected chi connectivity index (χ4v) is 1.41. The topological polar surface area (TPSA) is 60.8 Å². The molecule has 0 atom stereocenters. The van der Waals surface area contributed by atoms with Gasteiger partial charge in [0.1, 0.15) is 0 Å². The van der Waals surface area contributed by atoms with E-state index < -0.39 is 0 Å². The van der Waals surface area contributed by atoms with Crippen molar-refractivity contribution in [3.05, 3.63) is 42.0 Å². The molecular weight excluding hydrogens is 218 g/mol. The van der Waals surface area contributed by atoms with Crippen molar-refractivity contribution in [1.29, 1.82) is 0 Å². The van der Waals surface area contributed by atoms with Crippen molar-refractivity contribution in [3.63, 3.8) is 0 Å². The highest BCUT2D eigenvalue weighted by Crippen LogP contribution is 2.02. The lowest BCUT2D eigenvalue weighted by Gasteiger charge is -2.18. The first kappa shape index (κ1) is 13.4. The molecule has 1 aromatic rings. The van der Waals surface area contributed by atoms with Crippen LogP contribution in [-0.4, -0.2) is 47.3 Å². The normalized spacial score (nSPS) is 10.7. The molecule has 4 nitrogen and oxygen atoms in total. The predicted octanol–water partition coefficient (Wildman–Crippen LogP) is 0.513. The van der Waals surface area contributed by atoms with Gasteiger partial charge in [0.05, 0.1) is 13.2 Å². The van der Waals surface area contributed by atoms with Crippen LogP contribution < -0.4 is 0 Å². The molecule has 1 aromatic carbocycles. The quantitative estimate of drug-likeness (QED) is 0.706. The SMILES string of the molecule is O=C(C=Cc1ccccc1)N(CCO)CCO. The Morgan fingerprint density at radius 1 is 1.12 bits per heavy atom.